The van der Waals surface area contributed by atoms with Crippen LogP contribution in [0.2, 0.25) is 0 Å². The Morgan fingerprint density at radius 1 is 0.941 bits per heavy atom. The highest BCUT2D eigenvalue weighted by Crippen LogP contribution is 2.09. The maximum absolute atomic E-state index is 4.37. The van der Waals surface area contributed by atoms with Gasteiger partial charge in [-0.3, -0.25) is 5.32 Å². The molecule has 0 aliphatic carbocycles. The minimum Gasteiger partial charge on any atom is -0.257 e. The van der Waals surface area contributed by atoms with Crippen molar-refractivity contribution in [2.24, 2.45) is 0 Å². The van der Waals surface area contributed by atoms with Crippen molar-refractivity contribution in [1.29, 1.82) is 0 Å². The van der Waals surface area contributed by atoms with Gasteiger partial charge in [-0.15, -0.1) is 0 Å². The number of hydrogen-bond acceptors (Lipinski definition) is 0. The molecule has 0 unspecified atom stereocenters. The fraction of sp³-hybridized carbons (Fsp3) is 0.125. The largest absolute Gasteiger partial charge is 0.257 e. The van der Waals surface area contributed by atoms with Crippen molar-refractivity contribution < 1.29 is 0 Å². The number of allylic oxidation sites excluding steroid dienone is 1. The zero-order valence-corrected chi connectivity index (χ0v) is 10.0. The van der Waals surface area contributed by atoms with Gasteiger partial charge < -0.3 is 0 Å². The van der Waals surface area contributed by atoms with Gasteiger partial charge in [0, 0.05) is 6.20 Å². The van der Waals surface area contributed by atoms with Crippen molar-refractivity contribution in [1.82, 2.24) is 5.32 Å². The average molecular weight is 222 g/mol. The molecule has 0 aliphatic rings. The molecule has 1 radical (unpaired) electrons. The molecule has 0 N–H and O–H groups in total. The van der Waals surface area contributed by atoms with Crippen LogP contribution in [0.4, 0.5) is 5.69 Å². The molecule has 0 spiro atoms. The van der Waals surface area contributed by atoms with E-state index in [9.17, 15) is 0 Å². The molecule has 0 fully saturated rings. The lowest BCUT2D eigenvalue weighted by Crippen LogP contribution is -1.88. The molecule has 0 saturated heterocycles. The molecule has 0 atom stereocenters. The molecule has 2 rings (SSSR count). The monoisotopic (exact) mass is 222 g/mol. The Bertz CT molecular complexity index is 486. The zero-order valence-electron chi connectivity index (χ0n) is 10.0. The van der Waals surface area contributed by atoms with E-state index in [-0.39, 0.29) is 0 Å². The van der Waals surface area contributed by atoms with Gasteiger partial charge in [-0.05, 0) is 36.6 Å². The summed E-state index contributed by atoms with van der Waals surface area (Å²) in [6.45, 7) is 2.14. The smallest absolute Gasteiger partial charge is 0.0629 e. The Balaban J connectivity index is 1.89. The SMILES string of the molecule is Cc1ccccc1CC=C[N]c1ccccc1. The zero-order chi connectivity index (χ0) is 11.9. The number of para-hydroxylation sites is 1. The maximum Gasteiger partial charge on any atom is 0.0629 e. The lowest BCUT2D eigenvalue weighted by molar-refractivity contribution is 1.13. The summed E-state index contributed by atoms with van der Waals surface area (Å²) in [6, 6.07) is 18.4. The third-order valence-corrected chi connectivity index (χ3v) is 2.68. The second-order valence-corrected chi connectivity index (χ2v) is 3.98. The summed E-state index contributed by atoms with van der Waals surface area (Å²) in [4.78, 5) is 0. The fourth-order valence-electron chi connectivity index (χ4n) is 1.67. The molecule has 1 heteroatoms. The van der Waals surface area contributed by atoms with Gasteiger partial charge in [0.25, 0.3) is 0 Å². The van der Waals surface area contributed by atoms with Crippen LogP contribution in [0, 0.1) is 6.92 Å². The third-order valence-electron chi connectivity index (χ3n) is 2.68. The number of rotatable bonds is 4. The van der Waals surface area contributed by atoms with Crippen LogP contribution in [0.1, 0.15) is 11.1 Å². The number of benzene rings is 2. The van der Waals surface area contributed by atoms with Crippen LogP contribution in [0.5, 0.6) is 0 Å². The number of aryl methyl sites for hydroxylation is 1. The van der Waals surface area contributed by atoms with Crippen LogP contribution in [0.3, 0.4) is 0 Å². The van der Waals surface area contributed by atoms with E-state index in [0.29, 0.717) is 0 Å². The lowest BCUT2D eigenvalue weighted by Gasteiger charge is -2.01. The van der Waals surface area contributed by atoms with Gasteiger partial charge in [0.1, 0.15) is 0 Å². The summed E-state index contributed by atoms with van der Waals surface area (Å²) in [7, 11) is 0. The molecular weight excluding hydrogens is 206 g/mol. The summed E-state index contributed by atoms with van der Waals surface area (Å²) in [5.41, 5.74) is 3.68. The topological polar surface area (TPSA) is 14.1 Å². The van der Waals surface area contributed by atoms with E-state index in [1.807, 2.05) is 36.5 Å². The van der Waals surface area contributed by atoms with Crippen molar-refractivity contribution in [2.45, 2.75) is 13.3 Å². The summed E-state index contributed by atoms with van der Waals surface area (Å²) >= 11 is 0. The van der Waals surface area contributed by atoms with Gasteiger partial charge in [0.05, 0.1) is 5.69 Å². The van der Waals surface area contributed by atoms with Gasteiger partial charge >= 0.3 is 0 Å². The maximum atomic E-state index is 4.37. The Morgan fingerprint density at radius 2 is 1.65 bits per heavy atom. The van der Waals surface area contributed by atoms with Crippen LogP contribution in [-0.2, 0) is 6.42 Å². The Hall–Kier alpha value is -2.02. The van der Waals surface area contributed by atoms with E-state index in [0.717, 1.165) is 12.1 Å². The first-order chi connectivity index (χ1) is 8.36. The Labute approximate surface area is 103 Å². The van der Waals surface area contributed by atoms with Gasteiger partial charge in [0.15, 0.2) is 0 Å². The van der Waals surface area contributed by atoms with Crippen molar-refractivity contribution in [2.75, 3.05) is 0 Å². The predicted molar refractivity (Wildman–Crippen MR) is 72.3 cm³/mol. The molecule has 0 amide bonds. The molecule has 17 heavy (non-hydrogen) atoms. The predicted octanol–water partition coefficient (Wildman–Crippen LogP) is 3.99. The highest BCUT2D eigenvalue weighted by Gasteiger charge is 1.93. The molecule has 2 aromatic rings. The average Bonchev–Trinajstić information content (AvgIpc) is 2.38. The van der Waals surface area contributed by atoms with Crippen LogP contribution >= 0.6 is 0 Å². The molecule has 0 heterocycles. The number of hydrogen-bond donors (Lipinski definition) is 0. The molecule has 0 bridgehead atoms. The van der Waals surface area contributed by atoms with Gasteiger partial charge in [-0.25, -0.2) is 0 Å². The van der Waals surface area contributed by atoms with E-state index in [1.54, 1.807) is 0 Å². The molecule has 1 nitrogen and oxygen atoms in total. The van der Waals surface area contributed by atoms with Crippen LogP contribution < -0.4 is 5.32 Å². The highest BCUT2D eigenvalue weighted by molar-refractivity contribution is 5.36. The van der Waals surface area contributed by atoms with E-state index < -0.39 is 0 Å². The minimum absolute atomic E-state index is 0.934. The summed E-state index contributed by atoms with van der Waals surface area (Å²) in [6.07, 6.45) is 4.90. The Morgan fingerprint density at radius 3 is 2.41 bits per heavy atom. The normalized spacial score (nSPS) is 10.6. The lowest BCUT2D eigenvalue weighted by atomic mass is 10.1. The van der Waals surface area contributed by atoms with Crippen LogP contribution in [0.25, 0.3) is 0 Å². The van der Waals surface area contributed by atoms with E-state index in [4.69, 9.17) is 0 Å². The third kappa shape index (κ3) is 3.49. The number of nitrogens with zero attached hydrogens (tertiary/aromatic N) is 1. The van der Waals surface area contributed by atoms with Crippen molar-refractivity contribution >= 4 is 5.69 Å². The molecule has 0 aromatic heterocycles. The van der Waals surface area contributed by atoms with E-state index in [2.05, 4.69) is 42.6 Å². The standard InChI is InChI=1S/C16H16N/c1-14-8-5-6-9-15(14)10-7-13-17-16-11-3-2-4-12-16/h2-9,11-13H,10H2,1H3. The second kappa shape index (κ2) is 5.90. The molecular formula is C16H16N. The van der Waals surface area contributed by atoms with Gasteiger partial charge in [-0.2, -0.15) is 0 Å². The molecule has 85 valence electrons. The first kappa shape index (κ1) is 11.5. The minimum atomic E-state index is 0.934. The van der Waals surface area contributed by atoms with E-state index >= 15 is 0 Å². The molecule has 0 aliphatic heterocycles. The summed E-state index contributed by atoms with van der Waals surface area (Å²) in [5.74, 6) is 0. The van der Waals surface area contributed by atoms with Crippen molar-refractivity contribution in [3.63, 3.8) is 0 Å². The summed E-state index contributed by atoms with van der Waals surface area (Å²) in [5, 5.41) is 4.37. The fourth-order valence-corrected chi connectivity index (χ4v) is 1.67. The molecule has 0 saturated carbocycles. The van der Waals surface area contributed by atoms with Crippen molar-refractivity contribution in [3.05, 3.63) is 78.0 Å². The highest BCUT2D eigenvalue weighted by atomic mass is 14.8. The first-order valence-electron chi connectivity index (χ1n) is 5.81. The first-order valence-corrected chi connectivity index (χ1v) is 5.81. The second-order valence-electron chi connectivity index (χ2n) is 3.98. The molecule has 2 aromatic carbocycles. The van der Waals surface area contributed by atoms with Crippen LogP contribution in [0.15, 0.2) is 66.9 Å². The van der Waals surface area contributed by atoms with Crippen LogP contribution in [-0.4, -0.2) is 0 Å². The van der Waals surface area contributed by atoms with Gasteiger partial charge in [0.2, 0.25) is 0 Å². The van der Waals surface area contributed by atoms with Crippen molar-refractivity contribution in [3.8, 4) is 0 Å². The van der Waals surface area contributed by atoms with Gasteiger partial charge in [-0.1, -0.05) is 48.5 Å². The Kier molecular flexibility index (Phi) is 3.98. The quantitative estimate of drug-likeness (QED) is 0.742. The van der Waals surface area contributed by atoms with E-state index in [1.165, 1.54) is 11.1 Å². The summed E-state index contributed by atoms with van der Waals surface area (Å²) < 4.78 is 0.